The molecule has 0 unspecified atom stereocenters. The Balaban J connectivity index is 1.96. The van der Waals surface area contributed by atoms with Gasteiger partial charge in [0.2, 0.25) is 0 Å². The first kappa shape index (κ1) is 6.95. The number of imidazole rings is 1. The van der Waals surface area contributed by atoms with Crippen molar-refractivity contribution in [1.29, 1.82) is 0 Å². The van der Waals surface area contributed by atoms with Gasteiger partial charge in [-0.25, -0.2) is 15.0 Å². The molecule has 2 aromatic heterocycles. The van der Waals surface area contributed by atoms with Crippen molar-refractivity contribution in [3.63, 3.8) is 0 Å². The van der Waals surface area contributed by atoms with Crippen LogP contribution in [0, 0.1) is 0 Å². The molecule has 3 rings (SSSR count). The highest BCUT2D eigenvalue weighted by atomic mass is 16.3. The van der Waals surface area contributed by atoms with E-state index in [-0.39, 0.29) is 24.2 Å². The molecule has 0 saturated heterocycles. The number of aromatic amines is 1. The van der Waals surface area contributed by atoms with Crippen molar-refractivity contribution in [1.82, 2.24) is 19.9 Å². The molecule has 6 heteroatoms. The zero-order valence-corrected chi connectivity index (χ0v) is 9.15. The predicted molar refractivity (Wildman–Crippen MR) is 67.1 cm³/mol. The van der Waals surface area contributed by atoms with Gasteiger partial charge in [0.05, 0.1) is 11.8 Å². The van der Waals surface area contributed by atoms with E-state index in [1.807, 2.05) is 0 Å². The second-order valence-corrected chi connectivity index (χ2v) is 3.50. The first-order chi connectivity index (χ1) is 10.5. The quantitative estimate of drug-likeness (QED) is 0.653. The van der Waals surface area contributed by atoms with E-state index in [1.54, 1.807) is 0 Å². The second-order valence-electron chi connectivity index (χ2n) is 3.50. The highest BCUT2D eigenvalue weighted by Crippen LogP contribution is 2.16. The maximum absolute atomic E-state index is 9.52. The number of nitrogens with zero attached hydrogens (tertiary/aromatic N) is 3. The Labute approximate surface area is 108 Å². The van der Waals surface area contributed by atoms with Gasteiger partial charge < -0.3 is 15.4 Å². The SMILES string of the molecule is [2H]c1c([2H])c(CNc2ncnc3nc[nH]c23)c([2H])c([2H])c1O. The van der Waals surface area contributed by atoms with E-state index in [2.05, 4.69) is 25.3 Å². The topological polar surface area (TPSA) is 86.7 Å². The molecular formula is C12H11N5O. The third kappa shape index (κ3) is 1.95. The van der Waals surface area contributed by atoms with Crippen molar-refractivity contribution in [3.8, 4) is 5.75 Å². The van der Waals surface area contributed by atoms with Gasteiger partial charge in [-0.1, -0.05) is 12.1 Å². The number of anilines is 1. The van der Waals surface area contributed by atoms with E-state index < -0.39 is 17.8 Å². The molecule has 0 atom stereocenters. The number of hydrogen-bond acceptors (Lipinski definition) is 5. The maximum Gasteiger partial charge on any atom is 0.182 e. The molecule has 0 radical (unpaired) electrons. The molecule has 6 nitrogen and oxygen atoms in total. The number of rotatable bonds is 3. The van der Waals surface area contributed by atoms with Crippen LogP contribution in [-0.4, -0.2) is 25.0 Å². The Kier molecular flexibility index (Phi) is 1.67. The zero-order chi connectivity index (χ0) is 15.9. The van der Waals surface area contributed by atoms with Crippen LogP contribution in [0.4, 0.5) is 5.82 Å². The number of phenolic OH excluding ortho intramolecular Hbond substituents is 1. The van der Waals surface area contributed by atoms with Gasteiger partial charge in [0.25, 0.3) is 0 Å². The van der Waals surface area contributed by atoms with E-state index >= 15 is 0 Å². The molecule has 2 heterocycles. The van der Waals surface area contributed by atoms with Gasteiger partial charge in [-0.05, 0) is 17.6 Å². The first-order valence-electron chi connectivity index (χ1n) is 7.16. The lowest BCUT2D eigenvalue weighted by molar-refractivity contribution is 0.475. The summed E-state index contributed by atoms with van der Waals surface area (Å²) in [5.41, 5.74) is 1.19. The monoisotopic (exact) mass is 245 g/mol. The fourth-order valence-corrected chi connectivity index (χ4v) is 1.49. The standard InChI is InChI=1S/C12H11N5O/c18-9-3-1-8(2-4-9)5-13-11-10-12(15-6-14-10)17-7-16-11/h1-4,6-7,18H,5H2,(H2,13,14,15,16,17)/i1D,2D,3D,4D. The molecule has 18 heavy (non-hydrogen) atoms. The molecule has 90 valence electrons. The number of fused-ring (bicyclic) bond motifs is 1. The van der Waals surface area contributed by atoms with Crippen LogP contribution >= 0.6 is 0 Å². The summed E-state index contributed by atoms with van der Waals surface area (Å²) < 4.78 is 30.9. The minimum atomic E-state index is -0.656. The summed E-state index contributed by atoms with van der Waals surface area (Å²) in [6.07, 6.45) is 2.80. The molecule has 0 amide bonds. The molecule has 0 saturated carbocycles. The van der Waals surface area contributed by atoms with Crippen LogP contribution in [0.1, 0.15) is 11.0 Å². The molecule has 0 spiro atoms. The Hall–Kier alpha value is -2.63. The number of hydrogen-bond donors (Lipinski definition) is 3. The smallest absolute Gasteiger partial charge is 0.182 e. The maximum atomic E-state index is 9.52. The fraction of sp³-hybridized carbons (Fsp3) is 0.0833. The lowest BCUT2D eigenvalue weighted by Crippen LogP contribution is -2.02. The highest BCUT2D eigenvalue weighted by molar-refractivity contribution is 5.81. The Morgan fingerprint density at radius 3 is 2.89 bits per heavy atom. The van der Waals surface area contributed by atoms with Gasteiger partial charge >= 0.3 is 0 Å². The summed E-state index contributed by atoms with van der Waals surface area (Å²) in [7, 11) is 0. The minimum absolute atomic E-state index is 0.0147. The van der Waals surface area contributed by atoms with E-state index in [1.165, 1.54) is 12.7 Å². The third-order valence-corrected chi connectivity index (χ3v) is 2.32. The number of phenols is 1. The van der Waals surface area contributed by atoms with Gasteiger partial charge in [-0.15, -0.1) is 0 Å². The van der Waals surface area contributed by atoms with E-state index in [0.29, 0.717) is 17.0 Å². The lowest BCUT2D eigenvalue weighted by Gasteiger charge is -2.06. The molecule has 1 aromatic carbocycles. The Morgan fingerprint density at radius 2 is 2.06 bits per heavy atom. The van der Waals surface area contributed by atoms with Gasteiger partial charge in [0.15, 0.2) is 11.5 Å². The Bertz CT molecular complexity index is 837. The van der Waals surface area contributed by atoms with Gasteiger partial charge in [-0.3, -0.25) is 0 Å². The highest BCUT2D eigenvalue weighted by Gasteiger charge is 2.04. The summed E-state index contributed by atoms with van der Waals surface area (Å²) >= 11 is 0. The summed E-state index contributed by atoms with van der Waals surface area (Å²) in [6, 6.07) is -1.51. The van der Waals surface area contributed by atoms with Crippen molar-refractivity contribution in [3.05, 3.63) is 42.4 Å². The molecule has 3 N–H and O–H groups in total. The van der Waals surface area contributed by atoms with Crippen molar-refractivity contribution in [2.75, 3.05) is 5.32 Å². The molecule has 0 bridgehead atoms. The molecule has 3 aromatic rings. The van der Waals surface area contributed by atoms with Crippen LogP contribution in [0.25, 0.3) is 11.2 Å². The molecular weight excluding hydrogens is 230 g/mol. The molecule has 0 aliphatic carbocycles. The normalized spacial score (nSPS) is 13.8. The van der Waals surface area contributed by atoms with E-state index in [4.69, 9.17) is 5.48 Å². The third-order valence-electron chi connectivity index (χ3n) is 2.32. The van der Waals surface area contributed by atoms with Crippen molar-refractivity contribution in [2.24, 2.45) is 0 Å². The first-order valence-corrected chi connectivity index (χ1v) is 5.16. The van der Waals surface area contributed by atoms with Gasteiger partial charge in [0.1, 0.15) is 17.6 Å². The number of H-pyrrole nitrogens is 1. The number of aromatic nitrogens is 4. The van der Waals surface area contributed by atoms with Crippen LogP contribution in [-0.2, 0) is 6.54 Å². The van der Waals surface area contributed by atoms with Crippen LogP contribution in [0.2, 0.25) is 0 Å². The summed E-state index contributed by atoms with van der Waals surface area (Å²) in [4.78, 5) is 14.9. The summed E-state index contributed by atoms with van der Waals surface area (Å²) in [6.45, 7) is 0.0147. The van der Waals surface area contributed by atoms with Crippen LogP contribution < -0.4 is 5.32 Å². The van der Waals surface area contributed by atoms with E-state index in [9.17, 15) is 5.11 Å². The van der Waals surface area contributed by atoms with Gasteiger partial charge in [0, 0.05) is 6.54 Å². The Morgan fingerprint density at radius 1 is 1.22 bits per heavy atom. The van der Waals surface area contributed by atoms with Crippen LogP contribution in [0.3, 0.4) is 0 Å². The van der Waals surface area contributed by atoms with Gasteiger partial charge in [-0.2, -0.15) is 0 Å². The number of benzene rings is 1. The summed E-state index contributed by atoms with van der Waals surface area (Å²) in [5, 5.41) is 12.5. The van der Waals surface area contributed by atoms with Crippen LogP contribution in [0.5, 0.6) is 5.75 Å². The number of aromatic hydroxyl groups is 1. The zero-order valence-electron chi connectivity index (χ0n) is 13.2. The second kappa shape index (κ2) is 4.33. The molecule has 0 aliphatic heterocycles. The van der Waals surface area contributed by atoms with Crippen molar-refractivity contribution < 1.29 is 10.6 Å². The van der Waals surface area contributed by atoms with E-state index in [0.717, 1.165) is 0 Å². The minimum Gasteiger partial charge on any atom is -0.508 e. The average molecular weight is 245 g/mol. The summed E-state index contributed by atoms with van der Waals surface area (Å²) in [5.74, 6) is -0.218. The van der Waals surface area contributed by atoms with Crippen molar-refractivity contribution in [2.45, 2.75) is 6.54 Å². The largest absolute Gasteiger partial charge is 0.508 e. The fourth-order valence-electron chi connectivity index (χ4n) is 1.49. The molecule has 0 aliphatic rings. The average Bonchev–Trinajstić information content (AvgIpc) is 3.00. The van der Waals surface area contributed by atoms with Crippen molar-refractivity contribution >= 4 is 17.0 Å². The number of nitrogens with one attached hydrogen (secondary N) is 2. The van der Waals surface area contributed by atoms with Crippen LogP contribution in [0.15, 0.2) is 36.8 Å². The molecule has 0 fully saturated rings. The lowest BCUT2D eigenvalue weighted by atomic mass is 10.2. The predicted octanol–water partition coefficient (Wildman–Crippen LogP) is 1.67.